The first-order valence-corrected chi connectivity index (χ1v) is 22.5. The van der Waals surface area contributed by atoms with Crippen molar-refractivity contribution < 1.29 is 64.1 Å². The maximum atomic E-state index is 12.3. The molecular weight excluding hydrogens is 805 g/mol. The van der Waals surface area contributed by atoms with Crippen LogP contribution in [0.3, 0.4) is 0 Å². The molecular formula is C42H59N2O13S2+. The van der Waals surface area contributed by atoms with E-state index >= 15 is 0 Å². The van der Waals surface area contributed by atoms with Crippen molar-refractivity contribution in [1.82, 2.24) is 0 Å². The van der Waals surface area contributed by atoms with Gasteiger partial charge in [-0.25, -0.2) is 0 Å². The van der Waals surface area contributed by atoms with Crippen molar-refractivity contribution in [3.8, 4) is 0 Å². The highest BCUT2D eigenvalue weighted by atomic mass is 32.2. The Bertz CT molecular complexity index is 2110. The second-order valence-electron chi connectivity index (χ2n) is 14.9. The molecule has 0 saturated heterocycles. The maximum absolute atomic E-state index is 12.3. The van der Waals surface area contributed by atoms with Gasteiger partial charge in [-0.1, -0.05) is 24.6 Å². The summed E-state index contributed by atoms with van der Waals surface area (Å²) in [4.78, 5) is 12.9. The normalized spacial score (nSPS) is 20.1. The molecule has 2 aromatic rings. The number of methoxy groups -OCH3 is 3. The highest BCUT2D eigenvalue weighted by Crippen LogP contribution is 2.51. The van der Waals surface area contributed by atoms with Crippen molar-refractivity contribution in [1.29, 1.82) is 0 Å². The number of hydrogen-bond acceptors (Lipinski definition) is 11. The van der Waals surface area contributed by atoms with E-state index < -0.39 is 37.0 Å². The van der Waals surface area contributed by atoms with E-state index in [1.807, 2.05) is 44.2 Å². The quantitative estimate of drug-likeness (QED) is 0.0450. The van der Waals surface area contributed by atoms with Gasteiger partial charge < -0.3 is 33.7 Å². The van der Waals surface area contributed by atoms with Gasteiger partial charge in [-0.05, 0) is 81.5 Å². The standard InChI is InChI=1S/C42H58N2O13S2/c1-41(19-23-56-28-26-54-4)34-30-32(58(47,48)49)15-17-36(34)43(21-11-7-10-14-40(45)46)38(41)12-8-6-9-13-39-42(2,20-24-57-29-27-55-5)35-31-33(59(50,51)52)16-18-37(35)44(39)22-25-53-3/h6,8-9,12-13,15-18,30-31H,7,10-11,14,19-29H2,1-5H3,(H2-,45,46,47,48,49,50,51,52)/p+1. The largest absolute Gasteiger partial charge is 0.481 e. The molecule has 2 heterocycles. The molecule has 17 heteroatoms. The van der Waals surface area contributed by atoms with E-state index in [9.17, 15) is 30.7 Å². The lowest BCUT2D eigenvalue weighted by molar-refractivity contribution is -0.441. The summed E-state index contributed by atoms with van der Waals surface area (Å²) in [6.07, 6.45) is 12.5. The Morgan fingerprint density at radius 2 is 1.32 bits per heavy atom. The predicted octanol–water partition coefficient (Wildman–Crippen LogP) is 5.71. The number of carboxylic acids is 1. The van der Waals surface area contributed by atoms with Crippen LogP contribution < -0.4 is 4.90 Å². The van der Waals surface area contributed by atoms with Gasteiger partial charge in [-0.2, -0.15) is 21.4 Å². The first-order valence-electron chi connectivity index (χ1n) is 19.6. The van der Waals surface area contributed by atoms with Crippen molar-refractivity contribution >= 4 is 43.3 Å². The summed E-state index contributed by atoms with van der Waals surface area (Å²) in [5.74, 6) is -0.853. The van der Waals surface area contributed by atoms with E-state index in [-0.39, 0.29) is 16.2 Å². The van der Waals surface area contributed by atoms with E-state index in [1.54, 1.807) is 33.5 Å². The molecule has 0 radical (unpaired) electrons. The van der Waals surface area contributed by atoms with E-state index in [0.29, 0.717) is 97.0 Å². The number of anilines is 1. The molecule has 59 heavy (non-hydrogen) atoms. The number of carbonyl (C=O) groups is 1. The highest BCUT2D eigenvalue weighted by molar-refractivity contribution is 7.86. The number of rotatable bonds is 26. The monoisotopic (exact) mass is 863 g/mol. The number of hydrogen-bond donors (Lipinski definition) is 3. The Morgan fingerprint density at radius 1 is 0.729 bits per heavy atom. The molecule has 3 N–H and O–H groups in total. The van der Waals surface area contributed by atoms with Crippen molar-refractivity contribution in [2.24, 2.45) is 0 Å². The average molecular weight is 864 g/mol. The van der Waals surface area contributed by atoms with Crippen LogP contribution in [0, 0.1) is 0 Å². The van der Waals surface area contributed by atoms with Gasteiger partial charge in [0.25, 0.3) is 20.2 Å². The number of ether oxygens (including phenoxy) is 5. The third-order valence-electron chi connectivity index (χ3n) is 10.9. The first kappa shape index (κ1) is 47.9. The molecule has 0 aliphatic carbocycles. The second kappa shape index (κ2) is 21.7. The summed E-state index contributed by atoms with van der Waals surface area (Å²) in [5.41, 5.74) is 3.28. The Labute approximate surface area is 348 Å². The molecule has 326 valence electrons. The minimum atomic E-state index is -4.50. The summed E-state index contributed by atoms with van der Waals surface area (Å²) in [6, 6.07) is 9.19. The van der Waals surface area contributed by atoms with Crippen molar-refractivity contribution in [3.63, 3.8) is 0 Å². The zero-order valence-electron chi connectivity index (χ0n) is 34.6. The lowest BCUT2D eigenvalue weighted by Gasteiger charge is -2.30. The Kier molecular flexibility index (Phi) is 17.6. The summed E-state index contributed by atoms with van der Waals surface area (Å²) < 4.78 is 98.6. The number of unbranched alkanes of at least 4 members (excludes halogenated alkanes) is 2. The van der Waals surface area contributed by atoms with Crippen LogP contribution in [0.5, 0.6) is 0 Å². The summed E-state index contributed by atoms with van der Waals surface area (Å²) in [6.45, 7) is 7.72. The molecule has 0 amide bonds. The molecule has 2 aliphatic rings. The minimum Gasteiger partial charge on any atom is -0.481 e. The third-order valence-corrected chi connectivity index (χ3v) is 12.6. The topological polar surface area (TPSA) is 198 Å². The van der Waals surface area contributed by atoms with Crippen LogP contribution in [0.25, 0.3) is 0 Å². The van der Waals surface area contributed by atoms with Gasteiger partial charge in [-0.15, -0.1) is 0 Å². The van der Waals surface area contributed by atoms with E-state index in [2.05, 4.69) is 9.48 Å². The maximum Gasteiger partial charge on any atom is 0.303 e. The van der Waals surface area contributed by atoms with E-state index in [4.69, 9.17) is 28.8 Å². The molecule has 0 bridgehead atoms. The second-order valence-corrected chi connectivity index (χ2v) is 17.7. The van der Waals surface area contributed by atoms with Crippen LogP contribution in [0.1, 0.15) is 63.5 Å². The molecule has 0 fully saturated rings. The van der Waals surface area contributed by atoms with Gasteiger partial charge in [0.15, 0.2) is 12.3 Å². The molecule has 0 aromatic heterocycles. The molecule has 0 spiro atoms. The van der Waals surface area contributed by atoms with Crippen LogP contribution in [0.15, 0.2) is 82.3 Å². The van der Waals surface area contributed by atoms with E-state index in [1.165, 1.54) is 24.3 Å². The van der Waals surface area contributed by atoms with Gasteiger partial charge in [0.1, 0.15) is 6.61 Å². The minimum absolute atomic E-state index is 0.0666. The third kappa shape index (κ3) is 12.2. The fraction of sp³-hybridized carbons (Fsp3) is 0.524. The lowest BCUT2D eigenvalue weighted by atomic mass is 9.76. The molecule has 2 atom stereocenters. The van der Waals surface area contributed by atoms with Crippen molar-refractivity contribution in [2.75, 3.05) is 85.6 Å². The Balaban J connectivity index is 1.77. The molecule has 0 saturated carbocycles. The van der Waals surface area contributed by atoms with Crippen molar-refractivity contribution in [2.45, 2.75) is 73.0 Å². The fourth-order valence-electron chi connectivity index (χ4n) is 7.70. The molecule has 2 unspecified atom stereocenters. The van der Waals surface area contributed by atoms with Crippen LogP contribution in [0.2, 0.25) is 0 Å². The zero-order chi connectivity index (χ0) is 43.3. The van der Waals surface area contributed by atoms with Gasteiger partial charge in [0.2, 0.25) is 5.69 Å². The predicted molar refractivity (Wildman–Crippen MR) is 223 cm³/mol. The van der Waals surface area contributed by atoms with Crippen LogP contribution in [0.4, 0.5) is 11.4 Å². The molecule has 4 rings (SSSR count). The first-order chi connectivity index (χ1) is 28.0. The summed E-state index contributed by atoms with van der Waals surface area (Å²) in [5, 5.41) is 9.16. The van der Waals surface area contributed by atoms with Crippen LogP contribution in [-0.4, -0.2) is 128 Å². The highest BCUT2D eigenvalue weighted by Gasteiger charge is 2.48. The zero-order valence-corrected chi connectivity index (χ0v) is 36.2. The lowest BCUT2D eigenvalue weighted by Crippen LogP contribution is -2.33. The molecule has 2 aromatic carbocycles. The molecule has 15 nitrogen and oxygen atoms in total. The SMILES string of the molecule is COCCOCCC1(C)C(/C=C/C=C/C=C2/N(CCCCCC(=O)O)c3ccc(S(=O)(=O)O)cc3C2(C)CCOCCOC)=[N+](CCOC)c2ccc(S(=O)(=O)O)cc21. The van der Waals surface area contributed by atoms with E-state index in [0.717, 1.165) is 28.3 Å². The number of carboxylic acid groups (broad SMARTS) is 1. The summed E-state index contributed by atoms with van der Waals surface area (Å²) in [7, 11) is -4.19. The van der Waals surface area contributed by atoms with Gasteiger partial charge in [-0.3, -0.25) is 13.9 Å². The number of nitrogens with zero attached hydrogens (tertiary/aromatic N) is 2. The van der Waals surface area contributed by atoms with Crippen LogP contribution >= 0.6 is 0 Å². The number of fused-ring (bicyclic) bond motifs is 2. The average Bonchev–Trinajstić information content (AvgIpc) is 3.55. The summed E-state index contributed by atoms with van der Waals surface area (Å²) >= 11 is 0. The number of aliphatic carboxylic acids is 1. The van der Waals surface area contributed by atoms with Gasteiger partial charge in [0, 0.05) is 82.0 Å². The molecule has 2 aliphatic heterocycles. The Hall–Kier alpha value is -3.78. The van der Waals surface area contributed by atoms with Gasteiger partial charge in [0.05, 0.1) is 41.6 Å². The van der Waals surface area contributed by atoms with Crippen LogP contribution in [-0.2, 0) is 59.5 Å². The number of allylic oxidation sites excluding steroid dienone is 6. The smallest absolute Gasteiger partial charge is 0.303 e. The fourth-order valence-corrected chi connectivity index (χ4v) is 8.71. The number of benzene rings is 2. The van der Waals surface area contributed by atoms with Crippen molar-refractivity contribution in [3.05, 3.63) is 83.6 Å². The Morgan fingerprint density at radius 3 is 1.92 bits per heavy atom. The van der Waals surface area contributed by atoms with Gasteiger partial charge >= 0.3 is 5.97 Å².